The van der Waals surface area contributed by atoms with Crippen LogP contribution in [0.2, 0.25) is 0 Å². The van der Waals surface area contributed by atoms with Gasteiger partial charge in [0.2, 0.25) is 5.91 Å². The Labute approximate surface area is 158 Å². The molecule has 26 heavy (non-hydrogen) atoms. The van der Waals surface area contributed by atoms with Crippen LogP contribution in [0.3, 0.4) is 0 Å². The van der Waals surface area contributed by atoms with Crippen molar-refractivity contribution in [1.29, 1.82) is 0 Å². The summed E-state index contributed by atoms with van der Waals surface area (Å²) < 4.78 is 5.76. The predicted molar refractivity (Wildman–Crippen MR) is 108 cm³/mol. The summed E-state index contributed by atoms with van der Waals surface area (Å²) in [6.07, 6.45) is 0. The van der Waals surface area contributed by atoms with Gasteiger partial charge in [-0.15, -0.1) is 11.8 Å². The van der Waals surface area contributed by atoms with Gasteiger partial charge < -0.3 is 10.1 Å². The fraction of sp³-hybridized carbons (Fsp3) is 0.136. The number of ether oxygens (including phenoxy) is 1. The molecule has 0 bridgehead atoms. The summed E-state index contributed by atoms with van der Waals surface area (Å²) in [6.45, 7) is 3.96. The van der Waals surface area contributed by atoms with Gasteiger partial charge in [0, 0.05) is 10.6 Å². The Morgan fingerprint density at radius 3 is 2.15 bits per heavy atom. The molecule has 0 aliphatic rings. The van der Waals surface area contributed by atoms with Gasteiger partial charge >= 0.3 is 0 Å². The van der Waals surface area contributed by atoms with Crippen molar-refractivity contribution in [3.63, 3.8) is 0 Å². The van der Waals surface area contributed by atoms with Crippen LogP contribution in [-0.2, 0) is 4.79 Å². The number of carbonyl (C=O) groups excluding carboxylic acids is 1. The van der Waals surface area contributed by atoms with E-state index in [9.17, 15) is 4.79 Å². The molecule has 0 aliphatic carbocycles. The van der Waals surface area contributed by atoms with E-state index in [1.165, 1.54) is 5.56 Å². The summed E-state index contributed by atoms with van der Waals surface area (Å²) in [4.78, 5) is 13.5. The molecule has 4 heteroatoms. The molecule has 0 fully saturated rings. The number of carbonyl (C=O) groups is 1. The van der Waals surface area contributed by atoms with Gasteiger partial charge in [-0.05, 0) is 62.4 Å². The highest BCUT2D eigenvalue weighted by atomic mass is 32.2. The number of hydrogen-bond acceptors (Lipinski definition) is 3. The lowest BCUT2D eigenvalue weighted by molar-refractivity contribution is -0.115. The lowest BCUT2D eigenvalue weighted by Gasteiger charge is -2.13. The van der Waals surface area contributed by atoms with Gasteiger partial charge in [0.25, 0.3) is 0 Å². The van der Waals surface area contributed by atoms with Crippen LogP contribution in [0.25, 0.3) is 0 Å². The molecule has 1 atom stereocenters. The highest BCUT2D eigenvalue weighted by Gasteiger charge is 2.14. The maximum absolute atomic E-state index is 12.4. The third-order valence-corrected chi connectivity index (χ3v) is 4.92. The highest BCUT2D eigenvalue weighted by molar-refractivity contribution is 8.00. The highest BCUT2D eigenvalue weighted by Crippen LogP contribution is 2.26. The number of anilines is 1. The Morgan fingerprint density at radius 2 is 1.50 bits per heavy atom. The van der Waals surface area contributed by atoms with Crippen LogP contribution in [-0.4, -0.2) is 11.2 Å². The monoisotopic (exact) mass is 363 g/mol. The number of aryl methyl sites for hydroxylation is 1. The zero-order valence-corrected chi connectivity index (χ0v) is 15.6. The molecular weight excluding hydrogens is 342 g/mol. The van der Waals surface area contributed by atoms with E-state index >= 15 is 0 Å². The molecule has 0 aliphatic heterocycles. The largest absolute Gasteiger partial charge is 0.457 e. The fourth-order valence-electron chi connectivity index (χ4n) is 2.35. The van der Waals surface area contributed by atoms with E-state index in [1.54, 1.807) is 11.8 Å². The van der Waals surface area contributed by atoms with E-state index in [-0.39, 0.29) is 11.2 Å². The molecule has 1 N–H and O–H groups in total. The van der Waals surface area contributed by atoms with Gasteiger partial charge in [-0.1, -0.05) is 35.9 Å². The first kappa shape index (κ1) is 18.1. The normalized spacial score (nSPS) is 11.6. The van der Waals surface area contributed by atoms with Crippen LogP contribution in [0.15, 0.2) is 83.8 Å². The number of amides is 1. The minimum Gasteiger partial charge on any atom is -0.457 e. The number of benzene rings is 3. The molecular formula is C22H21NO2S. The molecule has 3 rings (SSSR count). The summed E-state index contributed by atoms with van der Waals surface area (Å²) in [6, 6.07) is 25.2. The molecule has 3 aromatic rings. The van der Waals surface area contributed by atoms with Gasteiger partial charge in [-0.25, -0.2) is 0 Å². The fourth-order valence-corrected chi connectivity index (χ4v) is 3.22. The summed E-state index contributed by atoms with van der Waals surface area (Å²) in [5.41, 5.74) is 1.97. The molecule has 1 amide bonds. The van der Waals surface area contributed by atoms with Crippen molar-refractivity contribution in [3.8, 4) is 11.5 Å². The zero-order chi connectivity index (χ0) is 18.4. The molecule has 0 saturated heterocycles. The zero-order valence-electron chi connectivity index (χ0n) is 14.8. The van der Waals surface area contributed by atoms with Crippen molar-refractivity contribution in [1.82, 2.24) is 0 Å². The quantitative estimate of drug-likeness (QED) is 0.554. The number of rotatable bonds is 6. The van der Waals surface area contributed by atoms with E-state index in [0.29, 0.717) is 0 Å². The van der Waals surface area contributed by atoms with Crippen LogP contribution < -0.4 is 10.1 Å². The van der Waals surface area contributed by atoms with E-state index < -0.39 is 0 Å². The van der Waals surface area contributed by atoms with Crippen LogP contribution >= 0.6 is 11.8 Å². The number of para-hydroxylation sites is 1. The molecule has 0 unspecified atom stereocenters. The Morgan fingerprint density at radius 1 is 0.885 bits per heavy atom. The lowest BCUT2D eigenvalue weighted by atomic mass is 10.2. The van der Waals surface area contributed by atoms with Gasteiger partial charge in [-0.3, -0.25) is 4.79 Å². The second kappa shape index (κ2) is 8.59. The van der Waals surface area contributed by atoms with Crippen molar-refractivity contribution in [2.75, 3.05) is 5.32 Å². The van der Waals surface area contributed by atoms with Gasteiger partial charge in [0.05, 0.1) is 5.25 Å². The van der Waals surface area contributed by atoms with Gasteiger partial charge in [0.1, 0.15) is 11.5 Å². The SMILES string of the molecule is Cc1ccc(S[C@@H](C)C(=O)Nc2ccc(Oc3ccccc3)cc2)cc1. The minimum atomic E-state index is -0.182. The van der Waals surface area contributed by atoms with Gasteiger partial charge in [-0.2, -0.15) is 0 Å². The van der Waals surface area contributed by atoms with Crippen molar-refractivity contribution >= 4 is 23.4 Å². The minimum absolute atomic E-state index is 0.0210. The van der Waals surface area contributed by atoms with Crippen molar-refractivity contribution in [2.45, 2.75) is 24.0 Å². The lowest BCUT2D eigenvalue weighted by Crippen LogP contribution is -2.22. The summed E-state index contributed by atoms with van der Waals surface area (Å²) in [7, 11) is 0. The van der Waals surface area contributed by atoms with Crippen molar-refractivity contribution in [3.05, 3.63) is 84.4 Å². The first-order chi connectivity index (χ1) is 12.6. The molecule has 0 radical (unpaired) electrons. The van der Waals surface area contributed by atoms with E-state index in [2.05, 4.69) is 24.4 Å². The van der Waals surface area contributed by atoms with Crippen molar-refractivity contribution in [2.24, 2.45) is 0 Å². The van der Waals surface area contributed by atoms with Crippen molar-refractivity contribution < 1.29 is 9.53 Å². The van der Waals surface area contributed by atoms with E-state index in [4.69, 9.17) is 4.74 Å². The molecule has 3 aromatic carbocycles. The summed E-state index contributed by atoms with van der Waals surface area (Å²) in [5, 5.41) is 2.77. The molecule has 132 valence electrons. The average molecular weight is 363 g/mol. The molecule has 3 nitrogen and oxygen atoms in total. The third-order valence-electron chi connectivity index (χ3n) is 3.80. The Hall–Kier alpha value is -2.72. The van der Waals surface area contributed by atoms with Gasteiger partial charge in [0.15, 0.2) is 0 Å². The van der Waals surface area contributed by atoms with Crippen LogP contribution in [0.1, 0.15) is 12.5 Å². The summed E-state index contributed by atoms with van der Waals surface area (Å²) in [5.74, 6) is 1.50. The standard InChI is InChI=1S/C22H21NO2S/c1-16-8-14-21(15-9-16)26-17(2)22(24)23-18-10-12-20(13-11-18)25-19-6-4-3-5-7-19/h3-15,17H,1-2H3,(H,23,24)/t17-/m0/s1. The second-order valence-corrected chi connectivity index (χ2v) is 7.42. The second-order valence-electron chi connectivity index (χ2n) is 6.00. The maximum atomic E-state index is 12.4. The first-order valence-electron chi connectivity index (χ1n) is 8.47. The van der Waals surface area contributed by atoms with E-state index in [0.717, 1.165) is 22.1 Å². The molecule has 0 saturated carbocycles. The number of thioether (sulfide) groups is 1. The van der Waals surface area contributed by atoms with E-state index in [1.807, 2.05) is 73.7 Å². The third kappa shape index (κ3) is 5.14. The van der Waals surface area contributed by atoms with Crippen LogP contribution in [0.5, 0.6) is 11.5 Å². The van der Waals surface area contributed by atoms with Crippen LogP contribution in [0.4, 0.5) is 5.69 Å². The number of nitrogens with one attached hydrogen (secondary N) is 1. The smallest absolute Gasteiger partial charge is 0.237 e. The average Bonchev–Trinajstić information content (AvgIpc) is 2.66. The van der Waals surface area contributed by atoms with Crippen LogP contribution in [0, 0.1) is 6.92 Å². The number of hydrogen-bond donors (Lipinski definition) is 1. The Kier molecular flexibility index (Phi) is 5.97. The predicted octanol–water partition coefficient (Wildman–Crippen LogP) is 5.91. The maximum Gasteiger partial charge on any atom is 0.237 e. The molecule has 0 spiro atoms. The molecule has 0 heterocycles. The molecule has 0 aromatic heterocycles. The Balaban J connectivity index is 1.56. The summed E-state index contributed by atoms with van der Waals surface area (Å²) >= 11 is 1.55. The topological polar surface area (TPSA) is 38.3 Å². The Bertz CT molecular complexity index is 846. The first-order valence-corrected chi connectivity index (χ1v) is 9.35.